The van der Waals surface area contributed by atoms with Gasteiger partial charge in [0.25, 0.3) is 0 Å². The van der Waals surface area contributed by atoms with Crippen molar-refractivity contribution >= 4 is 22.4 Å². The van der Waals surface area contributed by atoms with Gasteiger partial charge in [-0.3, -0.25) is 0 Å². The van der Waals surface area contributed by atoms with Crippen LogP contribution in [0.1, 0.15) is 30.9 Å². The van der Waals surface area contributed by atoms with Crippen molar-refractivity contribution in [3.05, 3.63) is 47.8 Å². The molecule has 0 atom stereocenters. The van der Waals surface area contributed by atoms with Crippen LogP contribution in [0, 0.1) is 12.3 Å². The van der Waals surface area contributed by atoms with Crippen molar-refractivity contribution in [2.75, 3.05) is 46.0 Å². The molecule has 168 valence electrons. The molecule has 2 aromatic carbocycles. The van der Waals surface area contributed by atoms with E-state index in [9.17, 15) is 0 Å². The first-order valence-electron chi connectivity index (χ1n) is 10.5. The molecule has 7 nitrogen and oxygen atoms in total. The number of methoxy groups -OCH3 is 2. The van der Waals surface area contributed by atoms with Gasteiger partial charge in [0.1, 0.15) is 25.4 Å². The van der Waals surface area contributed by atoms with E-state index in [0.717, 1.165) is 27.7 Å². The third kappa shape index (κ3) is 5.47. The lowest BCUT2D eigenvalue weighted by Crippen LogP contribution is -2.12. The van der Waals surface area contributed by atoms with Crippen LogP contribution in [0.3, 0.4) is 0 Å². The van der Waals surface area contributed by atoms with Crippen molar-refractivity contribution in [1.82, 2.24) is 9.97 Å². The fraction of sp³-hybridized carbons (Fsp3) is 0.360. The van der Waals surface area contributed by atoms with Crippen LogP contribution in [-0.2, 0) is 9.47 Å². The Hall–Kier alpha value is -3.34. The van der Waals surface area contributed by atoms with Crippen LogP contribution in [0.4, 0.5) is 11.5 Å². The second kappa shape index (κ2) is 11.3. The summed E-state index contributed by atoms with van der Waals surface area (Å²) in [5.74, 6) is 4.73. The van der Waals surface area contributed by atoms with E-state index in [1.807, 2.05) is 30.3 Å². The summed E-state index contributed by atoms with van der Waals surface area (Å²) >= 11 is 0. The molecule has 0 bridgehead atoms. The smallest absolute Gasteiger partial charge is 0.165 e. The highest BCUT2D eigenvalue weighted by molar-refractivity contribution is 5.97. The van der Waals surface area contributed by atoms with E-state index >= 15 is 0 Å². The molecule has 0 amide bonds. The van der Waals surface area contributed by atoms with Crippen molar-refractivity contribution in [2.24, 2.45) is 0 Å². The molecule has 0 saturated carbocycles. The molecule has 0 aliphatic rings. The Morgan fingerprint density at radius 3 is 2.44 bits per heavy atom. The Kier molecular flexibility index (Phi) is 8.26. The van der Waals surface area contributed by atoms with Gasteiger partial charge in [-0.1, -0.05) is 25.8 Å². The Morgan fingerprint density at radius 1 is 1.00 bits per heavy atom. The van der Waals surface area contributed by atoms with Crippen LogP contribution in [0.15, 0.2) is 36.7 Å². The summed E-state index contributed by atoms with van der Waals surface area (Å²) in [5, 5.41) is 4.27. The van der Waals surface area contributed by atoms with Gasteiger partial charge >= 0.3 is 0 Å². The summed E-state index contributed by atoms with van der Waals surface area (Å²) in [4.78, 5) is 9.04. The summed E-state index contributed by atoms with van der Waals surface area (Å²) in [7, 11) is 3.28. The predicted molar refractivity (Wildman–Crippen MR) is 126 cm³/mol. The topological polar surface area (TPSA) is 74.7 Å². The number of nitrogens with one attached hydrogen (secondary N) is 1. The lowest BCUT2D eigenvalue weighted by atomic mass is 9.96. The highest BCUT2D eigenvalue weighted by Gasteiger charge is 2.22. The highest BCUT2D eigenvalue weighted by atomic mass is 16.5. The molecule has 32 heavy (non-hydrogen) atoms. The summed E-state index contributed by atoms with van der Waals surface area (Å²) in [6.45, 7) is 5.93. The summed E-state index contributed by atoms with van der Waals surface area (Å²) in [6, 6.07) is 9.52. The molecule has 0 radical (unpaired) electrons. The Balaban J connectivity index is 2.15. The first kappa shape index (κ1) is 23.3. The van der Waals surface area contributed by atoms with Crippen LogP contribution >= 0.6 is 0 Å². The van der Waals surface area contributed by atoms with E-state index in [0.29, 0.717) is 43.7 Å². The standard InChI is InChI=1S/C25H29N3O4/c1-6-18-8-7-9-19(14-18)28-25-23-20(26-16-27-25)15-21(31-12-10-29-4)24(22(23)17(2)3)32-13-11-30-5/h1,7-9,14-17H,10-13H2,2-5H3,(H,26,27,28). The zero-order valence-electron chi connectivity index (χ0n) is 19.0. The van der Waals surface area contributed by atoms with Crippen LogP contribution in [0.5, 0.6) is 11.5 Å². The third-order valence-electron chi connectivity index (χ3n) is 4.83. The normalized spacial score (nSPS) is 10.9. The molecule has 0 unspecified atom stereocenters. The molecule has 1 heterocycles. The van der Waals surface area contributed by atoms with Crippen molar-refractivity contribution in [2.45, 2.75) is 19.8 Å². The van der Waals surface area contributed by atoms with Crippen molar-refractivity contribution in [1.29, 1.82) is 0 Å². The van der Waals surface area contributed by atoms with Crippen molar-refractivity contribution in [3.8, 4) is 23.8 Å². The van der Waals surface area contributed by atoms with Crippen LogP contribution < -0.4 is 14.8 Å². The first-order valence-corrected chi connectivity index (χ1v) is 10.5. The number of hydrogen-bond donors (Lipinski definition) is 1. The van der Waals surface area contributed by atoms with Gasteiger partial charge in [0.2, 0.25) is 0 Å². The number of aromatic nitrogens is 2. The minimum Gasteiger partial charge on any atom is -0.487 e. The van der Waals surface area contributed by atoms with Gasteiger partial charge in [-0.05, 0) is 24.1 Å². The van der Waals surface area contributed by atoms with Crippen LogP contribution in [0.25, 0.3) is 10.9 Å². The maximum atomic E-state index is 6.15. The SMILES string of the molecule is C#Cc1cccc(Nc2ncnc3cc(OCCOC)c(OCCOC)c(C(C)C)c23)c1. The molecule has 0 spiro atoms. The van der Waals surface area contributed by atoms with Crippen molar-refractivity contribution in [3.63, 3.8) is 0 Å². The van der Waals surface area contributed by atoms with Gasteiger partial charge < -0.3 is 24.3 Å². The van der Waals surface area contributed by atoms with E-state index < -0.39 is 0 Å². The Bertz CT molecular complexity index is 1090. The number of nitrogens with zero attached hydrogens (tertiary/aromatic N) is 2. The number of ether oxygens (including phenoxy) is 4. The van der Waals surface area contributed by atoms with E-state index in [1.54, 1.807) is 14.2 Å². The number of benzene rings is 2. The molecular weight excluding hydrogens is 406 g/mol. The molecule has 0 aliphatic carbocycles. The summed E-state index contributed by atoms with van der Waals surface area (Å²) < 4.78 is 22.5. The second-order valence-corrected chi connectivity index (χ2v) is 7.42. The minimum atomic E-state index is 0.115. The molecule has 0 aliphatic heterocycles. The van der Waals surface area contributed by atoms with E-state index in [-0.39, 0.29) is 5.92 Å². The molecular formula is C25H29N3O4. The maximum absolute atomic E-state index is 6.15. The van der Waals surface area contributed by atoms with Crippen molar-refractivity contribution < 1.29 is 18.9 Å². The van der Waals surface area contributed by atoms with E-state index in [1.165, 1.54) is 6.33 Å². The zero-order chi connectivity index (χ0) is 22.9. The van der Waals surface area contributed by atoms with Gasteiger partial charge in [-0.15, -0.1) is 6.42 Å². The predicted octanol–water partition coefficient (Wildman–Crippen LogP) is 4.53. The van der Waals surface area contributed by atoms with Crippen LogP contribution in [0.2, 0.25) is 0 Å². The number of anilines is 2. The minimum absolute atomic E-state index is 0.115. The molecule has 3 rings (SSSR count). The lowest BCUT2D eigenvalue weighted by molar-refractivity contribution is 0.132. The maximum Gasteiger partial charge on any atom is 0.165 e. The molecule has 7 heteroatoms. The van der Waals surface area contributed by atoms with Crippen LogP contribution in [-0.4, -0.2) is 50.6 Å². The number of terminal acetylenes is 1. The molecule has 0 fully saturated rings. The van der Waals surface area contributed by atoms with Gasteiger partial charge in [-0.25, -0.2) is 9.97 Å². The quantitative estimate of drug-likeness (QED) is 0.350. The van der Waals surface area contributed by atoms with Gasteiger partial charge in [0.05, 0.1) is 24.1 Å². The van der Waals surface area contributed by atoms with E-state index in [4.69, 9.17) is 25.4 Å². The highest BCUT2D eigenvalue weighted by Crippen LogP contribution is 2.43. The van der Waals surface area contributed by atoms with Gasteiger partial charge in [-0.2, -0.15) is 0 Å². The summed E-state index contributed by atoms with van der Waals surface area (Å²) in [6.07, 6.45) is 7.09. The first-order chi connectivity index (χ1) is 15.6. The Labute approximate surface area is 189 Å². The van der Waals surface area contributed by atoms with E-state index in [2.05, 4.69) is 35.1 Å². The number of fused-ring (bicyclic) bond motifs is 1. The third-order valence-corrected chi connectivity index (χ3v) is 4.83. The Morgan fingerprint density at radius 2 is 1.75 bits per heavy atom. The second-order valence-electron chi connectivity index (χ2n) is 7.42. The molecule has 3 aromatic rings. The number of rotatable bonds is 11. The van der Waals surface area contributed by atoms with Gasteiger partial charge in [0, 0.05) is 37.1 Å². The molecule has 1 N–H and O–H groups in total. The number of hydrogen-bond acceptors (Lipinski definition) is 7. The van der Waals surface area contributed by atoms with Gasteiger partial charge in [0.15, 0.2) is 11.5 Å². The fourth-order valence-corrected chi connectivity index (χ4v) is 3.40. The monoisotopic (exact) mass is 435 g/mol. The zero-order valence-corrected chi connectivity index (χ0v) is 19.0. The molecule has 0 saturated heterocycles. The molecule has 1 aromatic heterocycles. The largest absolute Gasteiger partial charge is 0.487 e. The average Bonchev–Trinajstić information content (AvgIpc) is 2.79. The average molecular weight is 436 g/mol. The lowest BCUT2D eigenvalue weighted by Gasteiger charge is -2.22. The fourth-order valence-electron chi connectivity index (χ4n) is 3.40. The summed E-state index contributed by atoms with van der Waals surface area (Å²) in [5.41, 5.74) is 3.35.